The van der Waals surface area contributed by atoms with Crippen molar-refractivity contribution in [3.8, 4) is 10.6 Å². The van der Waals surface area contributed by atoms with Crippen molar-refractivity contribution >= 4 is 28.8 Å². The first-order valence-corrected chi connectivity index (χ1v) is 12.4. The Balaban J connectivity index is 1.39. The Bertz CT molecular complexity index is 1100. The number of unbranched alkanes of at least 4 members (excludes halogenated alkanes) is 1. The highest BCUT2D eigenvalue weighted by Gasteiger charge is 2.30. The summed E-state index contributed by atoms with van der Waals surface area (Å²) in [4.78, 5) is 37.3. The van der Waals surface area contributed by atoms with Crippen LogP contribution < -0.4 is 5.32 Å². The summed E-state index contributed by atoms with van der Waals surface area (Å²) in [6.07, 6.45) is 8.46. The van der Waals surface area contributed by atoms with E-state index in [2.05, 4.69) is 34.3 Å². The van der Waals surface area contributed by atoms with Crippen LogP contribution >= 0.6 is 11.3 Å². The van der Waals surface area contributed by atoms with Crippen molar-refractivity contribution in [1.29, 1.82) is 0 Å². The van der Waals surface area contributed by atoms with Gasteiger partial charge in [-0.15, -0.1) is 11.3 Å². The third-order valence-corrected chi connectivity index (χ3v) is 7.21. The highest BCUT2D eigenvalue weighted by Crippen LogP contribution is 2.30. The first-order chi connectivity index (χ1) is 16.0. The summed E-state index contributed by atoms with van der Waals surface area (Å²) in [6.45, 7) is 5.14. The fraction of sp³-hybridized carbons (Fsp3) is 0.385. The number of nitrogens with one attached hydrogen (secondary N) is 1. The summed E-state index contributed by atoms with van der Waals surface area (Å²) >= 11 is 1.39. The number of amides is 2. The van der Waals surface area contributed by atoms with Crippen LogP contribution in [0.3, 0.4) is 0 Å². The Hall–Kier alpha value is -3.06. The largest absolute Gasteiger partial charge is 0.337 e. The molecule has 2 amide bonds. The maximum Gasteiger partial charge on any atom is 0.265 e. The van der Waals surface area contributed by atoms with Gasteiger partial charge in [0.1, 0.15) is 9.88 Å². The second-order valence-electron chi connectivity index (χ2n) is 8.56. The van der Waals surface area contributed by atoms with Gasteiger partial charge in [0, 0.05) is 36.7 Å². The fourth-order valence-electron chi connectivity index (χ4n) is 4.11. The van der Waals surface area contributed by atoms with Crippen molar-refractivity contribution < 1.29 is 9.59 Å². The van der Waals surface area contributed by atoms with E-state index in [0.29, 0.717) is 18.0 Å². The molecule has 1 N–H and O–H groups in total. The predicted molar refractivity (Wildman–Crippen MR) is 132 cm³/mol. The van der Waals surface area contributed by atoms with E-state index in [4.69, 9.17) is 0 Å². The van der Waals surface area contributed by atoms with Crippen molar-refractivity contribution in [2.45, 2.75) is 46.0 Å². The second kappa shape index (κ2) is 10.7. The molecule has 6 nitrogen and oxygen atoms in total. The molecule has 3 aromatic rings. The number of benzene rings is 1. The van der Waals surface area contributed by atoms with Crippen LogP contribution in [0.2, 0.25) is 0 Å². The summed E-state index contributed by atoms with van der Waals surface area (Å²) in [5, 5.41) is 3.83. The number of aryl methyl sites for hydroxylation is 2. The van der Waals surface area contributed by atoms with E-state index in [1.165, 1.54) is 29.7 Å². The van der Waals surface area contributed by atoms with E-state index in [0.717, 1.165) is 41.2 Å². The first-order valence-electron chi connectivity index (χ1n) is 11.6. The van der Waals surface area contributed by atoms with Crippen LogP contribution in [0.15, 0.2) is 48.8 Å². The minimum Gasteiger partial charge on any atom is -0.337 e. The maximum atomic E-state index is 13.3. The Morgan fingerprint density at radius 3 is 2.76 bits per heavy atom. The topological polar surface area (TPSA) is 75.2 Å². The van der Waals surface area contributed by atoms with Crippen molar-refractivity contribution in [2.75, 3.05) is 18.4 Å². The van der Waals surface area contributed by atoms with Gasteiger partial charge in [-0.25, -0.2) is 4.98 Å². The van der Waals surface area contributed by atoms with Gasteiger partial charge in [0.2, 0.25) is 5.91 Å². The number of hydrogen-bond acceptors (Lipinski definition) is 5. The van der Waals surface area contributed by atoms with Gasteiger partial charge < -0.3 is 10.2 Å². The Labute approximate surface area is 199 Å². The molecule has 0 bridgehead atoms. The molecule has 1 unspecified atom stereocenters. The van der Waals surface area contributed by atoms with Crippen LogP contribution in [0, 0.1) is 12.8 Å². The van der Waals surface area contributed by atoms with Crippen molar-refractivity contribution in [3.05, 3.63) is 64.9 Å². The molecule has 1 aliphatic rings. The average molecular weight is 463 g/mol. The van der Waals surface area contributed by atoms with E-state index in [1.54, 1.807) is 17.3 Å². The smallest absolute Gasteiger partial charge is 0.265 e. The third-order valence-electron chi connectivity index (χ3n) is 6.02. The number of carbonyl (C=O) groups excluding carboxylic acids is 2. The van der Waals surface area contributed by atoms with Crippen LogP contribution in [0.1, 0.15) is 53.5 Å². The van der Waals surface area contributed by atoms with Crippen molar-refractivity contribution in [1.82, 2.24) is 14.9 Å². The number of likely N-dealkylation sites (tertiary alicyclic amines) is 1. The molecule has 1 aromatic carbocycles. The lowest BCUT2D eigenvalue weighted by molar-refractivity contribution is -0.121. The highest BCUT2D eigenvalue weighted by atomic mass is 32.1. The van der Waals surface area contributed by atoms with E-state index >= 15 is 0 Å². The Morgan fingerprint density at radius 1 is 1.21 bits per heavy atom. The molecule has 1 saturated heterocycles. The molecular weight excluding hydrogens is 432 g/mol. The fourth-order valence-corrected chi connectivity index (χ4v) is 5.13. The molecule has 1 aliphatic heterocycles. The van der Waals surface area contributed by atoms with Gasteiger partial charge in [0.15, 0.2) is 0 Å². The predicted octanol–water partition coefficient (Wildman–Crippen LogP) is 5.35. The monoisotopic (exact) mass is 462 g/mol. The van der Waals surface area contributed by atoms with E-state index in [-0.39, 0.29) is 17.7 Å². The summed E-state index contributed by atoms with van der Waals surface area (Å²) in [5.41, 5.74) is 3.72. The minimum atomic E-state index is -0.214. The highest BCUT2D eigenvalue weighted by molar-refractivity contribution is 7.17. The minimum absolute atomic E-state index is 0.0223. The summed E-state index contributed by atoms with van der Waals surface area (Å²) in [7, 11) is 0. The van der Waals surface area contributed by atoms with E-state index in [9.17, 15) is 9.59 Å². The first kappa shape index (κ1) is 23.1. The number of carbonyl (C=O) groups is 2. The third kappa shape index (κ3) is 5.66. The molecule has 1 fully saturated rings. The summed E-state index contributed by atoms with van der Waals surface area (Å²) in [5.74, 6) is -0.280. The molecular formula is C26H30N4O2S. The number of rotatable bonds is 7. The second-order valence-corrected chi connectivity index (χ2v) is 9.55. The van der Waals surface area contributed by atoms with Crippen LogP contribution in [0.5, 0.6) is 0 Å². The molecule has 0 aliphatic carbocycles. The number of thiazole rings is 1. The molecule has 172 valence electrons. The number of aromatic nitrogens is 2. The SMILES string of the molecule is CCCCc1ccc(NC(=O)C2CCCN(C(=O)c3sc(-c4cccnc4)nc3C)C2)cc1. The van der Waals surface area contributed by atoms with Crippen LogP contribution in [0.25, 0.3) is 10.6 Å². The molecule has 1 atom stereocenters. The number of pyridine rings is 1. The molecule has 0 spiro atoms. The Kier molecular flexibility index (Phi) is 7.50. The molecule has 7 heteroatoms. The van der Waals surface area contributed by atoms with Crippen molar-refractivity contribution in [2.24, 2.45) is 5.92 Å². The van der Waals surface area contributed by atoms with E-state index < -0.39 is 0 Å². The molecule has 3 heterocycles. The zero-order valence-electron chi connectivity index (χ0n) is 19.2. The van der Waals surface area contributed by atoms with E-state index in [1.807, 2.05) is 31.2 Å². The molecule has 0 radical (unpaired) electrons. The van der Waals surface area contributed by atoms with Gasteiger partial charge in [0.25, 0.3) is 5.91 Å². The number of anilines is 1. The Morgan fingerprint density at radius 2 is 2.03 bits per heavy atom. The van der Waals surface area contributed by atoms with Gasteiger partial charge in [-0.2, -0.15) is 0 Å². The lowest BCUT2D eigenvalue weighted by Gasteiger charge is -2.31. The lowest BCUT2D eigenvalue weighted by atomic mass is 9.96. The molecule has 2 aromatic heterocycles. The standard InChI is InChI=1S/C26H30N4O2S/c1-3-4-7-19-10-12-22(13-11-19)29-24(31)21-9-6-15-30(17-21)26(32)23-18(2)28-25(33-23)20-8-5-14-27-16-20/h5,8,10-14,16,21H,3-4,6-7,9,15,17H2,1-2H3,(H,29,31). The van der Waals surface area contributed by atoms with Gasteiger partial charge in [-0.3, -0.25) is 14.6 Å². The average Bonchev–Trinajstić information content (AvgIpc) is 3.25. The van der Waals surface area contributed by atoms with Gasteiger partial charge in [0.05, 0.1) is 11.6 Å². The number of nitrogens with zero attached hydrogens (tertiary/aromatic N) is 3. The van der Waals surface area contributed by atoms with Crippen LogP contribution in [-0.2, 0) is 11.2 Å². The van der Waals surface area contributed by atoms with Gasteiger partial charge >= 0.3 is 0 Å². The summed E-state index contributed by atoms with van der Waals surface area (Å²) in [6, 6.07) is 11.9. The zero-order valence-corrected chi connectivity index (χ0v) is 20.0. The summed E-state index contributed by atoms with van der Waals surface area (Å²) < 4.78 is 0. The molecule has 33 heavy (non-hydrogen) atoms. The van der Waals surface area contributed by atoms with Crippen molar-refractivity contribution in [3.63, 3.8) is 0 Å². The zero-order chi connectivity index (χ0) is 23.2. The van der Waals surface area contributed by atoms with Crippen LogP contribution in [-0.4, -0.2) is 39.8 Å². The normalized spacial score (nSPS) is 15.9. The molecule has 4 rings (SSSR count). The van der Waals surface area contributed by atoms with Gasteiger partial charge in [-0.1, -0.05) is 25.5 Å². The number of hydrogen-bond donors (Lipinski definition) is 1. The lowest BCUT2D eigenvalue weighted by Crippen LogP contribution is -2.43. The van der Waals surface area contributed by atoms with Crippen LogP contribution in [0.4, 0.5) is 5.69 Å². The maximum absolute atomic E-state index is 13.3. The number of piperidine rings is 1. The van der Waals surface area contributed by atoms with Gasteiger partial charge in [-0.05, 0) is 62.4 Å². The quantitative estimate of drug-likeness (QED) is 0.514. The molecule has 0 saturated carbocycles.